The summed E-state index contributed by atoms with van der Waals surface area (Å²) in [6.45, 7) is 9.46. The molecule has 0 saturated carbocycles. The van der Waals surface area contributed by atoms with Gasteiger partial charge in [-0.3, -0.25) is 4.98 Å². The third kappa shape index (κ3) is 3.43. The van der Waals surface area contributed by atoms with Crippen LogP contribution in [0.15, 0.2) is 29.5 Å². The molecule has 1 N–H and O–H groups in total. The molecule has 2 aromatic heterocycles. The van der Waals surface area contributed by atoms with E-state index < -0.39 is 5.60 Å². The molecular formula is C18H23N5O. The molecule has 2 aromatic rings. The number of hydrogen-bond acceptors (Lipinski definition) is 6. The Hall–Kier alpha value is -2.34. The van der Waals surface area contributed by atoms with Crippen molar-refractivity contribution in [3.05, 3.63) is 30.2 Å². The summed E-state index contributed by atoms with van der Waals surface area (Å²) >= 11 is 0. The van der Waals surface area contributed by atoms with Gasteiger partial charge in [0.25, 0.3) is 0 Å². The van der Waals surface area contributed by atoms with Crippen LogP contribution in [0.5, 0.6) is 0 Å². The van der Waals surface area contributed by atoms with Crippen LogP contribution in [-0.2, 0) is 5.60 Å². The molecule has 1 aliphatic rings. The van der Waals surface area contributed by atoms with Crippen LogP contribution in [0.2, 0.25) is 0 Å². The van der Waals surface area contributed by atoms with E-state index in [1.54, 1.807) is 26.2 Å². The maximum absolute atomic E-state index is 10.0. The molecule has 0 radical (unpaired) electrons. The minimum Gasteiger partial charge on any atom is -0.384 e. The van der Waals surface area contributed by atoms with Crippen LogP contribution < -0.4 is 4.90 Å². The number of aromatic nitrogens is 3. The first-order valence-corrected chi connectivity index (χ1v) is 8.18. The van der Waals surface area contributed by atoms with E-state index in [-0.39, 0.29) is 0 Å². The zero-order chi connectivity index (χ0) is 17.3. The average molecular weight is 325 g/mol. The molecule has 0 bridgehead atoms. The fourth-order valence-corrected chi connectivity index (χ4v) is 2.64. The van der Waals surface area contributed by atoms with Gasteiger partial charge in [-0.2, -0.15) is 0 Å². The summed E-state index contributed by atoms with van der Waals surface area (Å²) in [5.41, 5.74) is 1.30. The Morgan fingerprint density at radius 3 is 2.62 bits per heavy atom. The molecule has 3 heterocycles. The molecule has 126 valence electrons. The first kappa shape index (κ1) is 16.5. The fraction of sp³-hybridized carbons (Fsp3) is 0.444. The highest BCUT2D eigenvalue weighted by Gasteiger charge is 2.20. The largest absolute Gasteiger partial charge is 0.384 e. The maximum Gasteiger partial charge on any atom is 0.195 e. The van der Waals surface area contributed by atoms with Crippen molar-refractivity contribution < 1.29 is 5.11 Å². The Kier molecular flexibility index (Phi) is 4.32. The Balaban J connectivity index is 1.94. The van der Waals surface area contributed by atoms with Crippen LogP contribution in [0, 0.1) is 5.92 Å². The van der Waals surface area contributed by atoms with Gasteiger partial charge in [-0.15, -0.1) is 0 Å². The maximum atomic E-state index is 10.0. The molecule has 1 aliphatic heterocycles. The minimum absolute atomic E-state index is 0.530. The highest BCUT2D eigenvalue weighted by molar-refractivity contribution is 5.78. The van der Waals surface area contributed by atoms with Crippen molar-refractivity contribution in [1.82, 2.24) is 15.0 Å². The Labute approximate surface area is 142 Å². The lowest BCUT2D eigenvalue weighted by Crippen LogP contribution is -2.32. The average Bonchev–Trinajstić information content (AvgIpc) is 2.54. The van der Waals surface area contributed by atoms with E-state index in [2.05, 4.69) is 33.7 Å². The summed E-state index contributed by atoms with van der Waals surface area (Å²) < 4.78 is 0. The van der Waals surface area contributed by atoms with E-state index in [0.29, 0.717) is 17.4 Å². The summed E-state index contributed by atoms with van der Waals surface area (Å²) in [6.07, 6.45) is 5.32. The zero-order valence-corrected chi connectivity index (χ0v) is 14.6. The number of fused-ring (bicyclic) bond motifs is 1. The number of nitrogens with zero attached hydrogens (tertiary/aromatic N) is 5. The van der Waals surface area contributed by atoms with E-state index in [1.165, 1.54) is 0 Å². The van der Waals surface area contributed by atoms with Gasteiger partial charge in [0.15, 0.2) is 11.6 Å². The predicted octanol–water partition coefficient (Wildman–Crippen LogP) is 2.94. The van der Waals surface area contributed by atoms with Gasteiger partial charge in [-0.05, 0) is 31.9 Å². The van der Waals surface area contributed by atoms with Crippen molar-refractivity contribution in [2.75, 3.05) is 18.0 Å². The smallest absolute Gasteiger partial charge is 0.195 e. The van der Waals surface area contributed by atoms with Crippen molar-refractivity contribution in [2.24, 2.45) is 10.9 Å². The van der Waals surface area contributed by atoms with Crippen molar-refractivity contribution in [2.45, 2.75) is 33.3 Å². The number of rotatable bonds is 4. The summed E-state index contributed by atoms with van der Waals surface area (Å²) in [7, 11) is 0. The Morgan fingerprint density at radius 1 is 1.21 bits per heavy atom. The van der Waals surface area contributed by atoms with Crippen LogP contribution >= 0.6 is 0 Å². The fourth-order valence-electron chi connectivity index (χ4n) is 2.64. The summed E-state index contributed by atoms with van der Waals surface area (Å²) in [4.78, 5) is 20.1. The molecule has 0 amide bonds. The lowest BCUT2D eigenvalue weighted by Gasteiger charge is -2.27. The second-order valence-corrected chi connectivity index (χ2v) is 7.00. The normalized spacial score (nSPS) is 14.2. The van der Waals surface area contributed by atoms with E-state index in [1.807, 2.05) is 18.3 Å². The van der Waals surface area contributed by atoms with E-state index in [9.17, 15) is 5.11 Å². The standard InChI is InChI=1S/C18H23N5O/c1-12(2)11-23-8-7-19-16-17(23)22-14(10-21-16)13-5-6-15(20-9-13)18(3,4)24/h5-7,9-10,12,24H,8,11H2,1-4H3. The van der Waals surface area contributed by atoms with E-state index in [4.69, 9.17) is 4.98 Å². The van der Waals surface area contributed by atoms with Crippen LogP contribution in [0.4, 0.5) is 11.6 Å². The van der Waals surface area contributed by atoms with Gasteiger partial charge in [-0.1, -0.05) is 13.8 Å². The van der Waals surface area contributed by atoms with Crippen molar-refractivity contribution in [1.29, 1.82) is 0 Å². The van der Waals surface area contributed by atoms with Crippen LogP contribution in [0.3, 0.4) is 0 Å². The second kappa shape index (κ2) is 6.28. The van der Waals surface area contributed by atoms with Gasteiger partial charge in [0.1, 0.15) is 5.60 Å². The van der Waals surface area contributed by atoms with Crippen LogP contribution in [-0.4, -0.2) is 39.4 Å². The topological polar surface area (TPSA) is 74.5 Å². The number of pyridine rings is 1. The monoisotopic (exact) mass is 325 g/mol. The quantitative estimate of drug-likeness (QED) is 0.935. The molecule has 6 heteroatoms. The molecule has 0 aliphatic carbocycles. The lowest BCUT2D eigenvalue weighted by molar-refractivity contribution is 0.0739. The van der Waals surface area contributed by atoms with E-state index in [0.717, 1.165) is 30.2 Å². The van der Waals surface area contributed by atoms with Crippen molar-refractivity contribution >= 4 is 17.9 Å². The van der Waals surface area contributed by atoms with Crippen molar-refractivity contribution in [3.8, 4) is 11.3 Å². The van der Waals surface area contributed by atoms with E-state index >= 15 is 0 Å². The SMILES string of the molecule is CC(C)CN1CC=Nc2ncc(-c3ccc(C(C)(C)O)nc3)nc21. The third-order valence-electron chi connectivity index (χ3n) is 3.82. The third-order valence-corrected chi connectivity index (χ3v) is 3.82. The Morgan fingerprint density at radius 2 is 2.00 bits per heavy atom. The molecule has 3 rings (SSSR count). The first-order valence-electron chi connectivity index (χ1n) is 8.18. The summed E-state index contributed by atoms with van der Waals surface area (Å²) in [6, 6.07) is 3.73. The molecule has 6 nitrogen and oxygen atoms in total. The van der Waals surface area contributed by atoms with Gasteiger partial charge in [0.05, 0.1) is 24.1 Å². The number of hydrogen-bond donors (Lipinski definition) is 1. The molecule has 0 saturated heterocycles. The van der Waals surface area contributed by atoms with Crippen LogP contribution in [0.1, 0.15) is 33.4 Å². The number of anilines is 1. The molecule has 0 fully saturated rings. The molecule has 0 unspecified atom stereocenters. The molecule has 0 atom stereocenters. The minimum atomic E-state index is -0.956. The second-order valence-electron chi connectivity index (χ2n) is 7.00. The molecule has 0 spiro atoms. The van der Waals surface area contributed by atoms with Gasteiger partial charge in [-0.25, -0.2) is 15.0 Å². The zero-order valence-electron chi connectivity index (χ0n) is 14.6. The number of aliphatic hydroxyl groups is 1. The van der Waals surface area contributed by atoms with Crippen LogP contribution in [0.25, 0.3) is 11.3 Å². The molecule has 24 heavy (non-hydrogen) atoms. The van der Waals surface area contributed by atoms with Gasteiger partial charge in [0.2, 0.25) is 0 Å². The van der Waals surface area contributed by atoms with Crippen molar-refractivity contribution in [3.63, 3.8) is 0 Å². The molecular weight excluding hydrogens is 302 g/mol. The number of aliphatic imine (C=N–C) groups is 1. The van der Waals surface area contributed by atoms with Gasteiger partial charge >= 0.3 is 0 Å². The first-order chi connectivity index (χ1) is 11.3. The summed E-state index contributed by atoms with van der Waals surface area (Å²) in [5.74, 6) is 2.00. The van der Waals surface area contributed by atoms with Gasteiger partial charge in [0, 0.05) is 24.5 Å². The lowest BCUT2D eigenvalue weighted by atomic mass is 10.0. The van der Waals surface area contributed by atoms with Gasteiger partial charge < -0.3 is 10.0 Å². The Bertz CT molecular complexity index is 747. The molecule has 0 aromatic carbocycles. The summed E-state index contributed by atoms with van der Waals surface area (Å²) in [5, 5.41) is 10.0. The predicted molar refractivity (Wildman–Crippen MR) is 95.7 cm³/mol. The highest BCUT2D eigenvalue weighted by atomic mass is 16.3. The highest BCUT2D eigenvalue weighted by Crippen LogP contribution is 2.30.